The van der Waals surface area contributed by atoms with E-state index in [0.29, 0.717) is 28.0 Å². The molecule has 1 aliphatic heterocycles. The summed E-state index contributed by atoms with van der Waals surface area (Å²) in [4.78, 5) is 28.6. The van der Waals surface area contributed by atoms with Crippen LogP contribution in [0.25, 0.3) is 10.9 Å². The molecule has 2 heterocycles. The van der Waals surface area contributed by atoms with E-state index >= 15 is 0 Å². The van der Waals surface area contributed by atoms with Crippen molar-refractivity contribution in [1.29, 1.82) is 0 Å². The van der Waals surface area contributed by atoms with E-state index < -0.39 is 11.9 Å². The molecule has 0 saturated carbocycles. The van der Waals surface area contributed by atoms with E-state index in [1.165, 1.54) is 0 Å². The molecule has 7 nitrogen and oxygen atoms in total. The fourth-order valence-corrected chi connectivity index (χ4v) is 3.61. The van der Waals surface area contributed by atoms with Crippen LogP contribution in [0.1, 0.15) is 24.0 Å². The molecule has 0 aliphatic carbocycles. The van der Waals surface area contributed by atoms with Gasteiger partial charge in [-0.2, -0.15) is 0 Å². The Hall–Kier alpha value is -3.74. The van der Waals surface area contributed by atoms with Gasteiger partial charge in [0.2, 0.25) is 5.88 Å². The van der Waals surface area contributed by atoms with Crippen molar-refractivity contribution in [3.8, 4) is 11.5 Å². The minimum absolute atomic E-state index is 0.0838. The highest BCUT2D eigenvalue weighted by Crippen LogP contribution is 2.44. The van der Waals surface area contributed by atoms with E-state index in [-0.39, 0.29) is 23.6 Å². The zero-order chi connectivity index (χ0) is 20.5. The van der Waals surface area contributed by atoms with Crippen LogP contribution in [-0.2, 0) is 9.53 Å². The highest BCUT2D eigenvalue weighted by molar-refractivity contribution is 5.95. The van der Waals surface area contributed by atoms with E-state index in [4.69, 9.17) is 19.9 Å². The van der Waals surface area contributed by atoms with Gasteiger partial charge in [0.1, 0.15) is 17.1 Å². The Morgan fingerprint density at radius 3 is 2.66 bits per heavy atom. The normalized spacial score (nSPS) is 15.6. The molecule has 0 radical (unpaired) electrons. The highest BCUT2D eigenvalue weighted by atomic mass is 16.5. The maximum atomic E-state index is 13.1. The van der Waals surface area contributed by atoms with Crippen molar-refractivity contribution in [2.45, 2.75) is 12.8 Å². The third-order valence-corrected chi connectivity index (χ3v) is 4.89. The Labute approximate surface area is 166 Å². The highest BCUT2D eigenvalue weighted by Gasteiger charge is 2.38. The molecule has 0 spiro atoms. The third-order valence-electron chi connectivity index (χ3n) is 4.89. The molecule has 29 heavy (non-hydrogen) atoms. The van der Waals surface area contributed by atoms with E-state index in [1.807, 2.05) is 30.3 Å². The fourth-order valence-electron chi connectivity index (χ4n) is 3.61. The molecule has 0 unspecified atom stereocenters. The molecular formula is C22H20N2O5. The molecule has 0 amide bonds. The van der Waals surface area contributed by atoms with Crippen LogP contribution in [0.2, 0.25) is 0 Å². The van der Waals surface area contributed by atoms with Gasteiger partial charge in [0.15, 0.2) is 0 Å². The van der Waals surface area contributed by atoms with Gasteiger partial charge in [-0.3, -0.25) is 4.79 Å². The maximum absolute atomic E-state index is 13.1. The smallest absolute Gasteiger partial charge is 0.340 e. The summed E-state index contributed by atoms with van der Waals surface area (Å²) in [6, 6.07) is 14.4. The first-order valence-corrected chi connectivity index (χ1v) is 9.18. The van der Waals surface area contributed by atoms with Gasteiger partial charge in [-0.1, -0.05) is 30.3 Å². The Bertz CT molecular complexity index is 1180. The molecule has 1 aromatic heterocycles. The zero-order valence-electron chi connectivity index (χ0n) is 16.0. The monoisotopic (exact) mass is 392 g/mol. The largest absolute Gasteiger partial charge is 0.497 e. The number of nitrogens with two attached hydrogens (primary N) is 1. The Morgan fingerprint density at radius 1 is 1.21 bits per heavy atom. The number of rotatable bonds is 4. The van der Waals surface area contributed by atoms with Crippen LogP contribution >= 0.6 is 0 Å². The molecule has 3 aromatic rings. The minimum atomic E-state index is -0.724. The van der Waals surface area contributed by atoms with Crippen LogP contribution in [0.5, 0.6) is 11.5 Å². The lowest BCUT2D eigenvalue weighted by Crippen LogP contribution is -2.32. The summed E-state index contributed by atoms with van der Waals surface area (Å²) in [5.41, 5.74) is 7.54. The van der Waals surface area contributed by atoms with Gasteiger partial charge in [-0.15, -0.1) is 0 Å². The number of carbonyl (C=O) groups is 1. The first-order chi connectivity index (χ1) is 14.0. The number of pyridine rings is 1. The van der Waals surface area contributed by atoms with Crippen LogP contribution < -0.4 is 20.8 Å². The van der Waals surface area contributed by atoms with Gasteiger partial charge in [-0.25, -0.2) is 4.79 Å². The van der Waals surface area contributed by atoms with Crippen LogP contribution in [-0.4, -0.2) is 24.7 Å². The SMILES string of the molecule is CCOC(=O)C1=C(N)Oc2c(c(=O)[nH]c3ccc(OC)cc23)[C@H]1c1ccccc1. The maximum Gasteiger partial charge on any atom is 0.340 e. The zero-order valence-corrected chi connectivity index (χ0v) is 16.0. The number of H-pyrrole nitrogens is 1. The van der Waals surface area contributed by atoms with Gasteiger partial charge < -0.3 is 24.9 Å². The van der Waals surface area contributed by atoms with E-state index in [1.54, 1.807) is 32.2 Å². The lowest BCUT2D eigenvalue weighted by atomic mass is 9.83. The average molecular weight is 392 g/mol. The second-order valence-electron chi connectivity index (χ2n) is 6.55. The van der Waals surface area contributed by atoms with Crippen molar-refractivity contribution < 1.29 is 19.0 Å². The van der Waals surface area contributed by atoms with E-state index in [0.717, 1.165) is 5.56 Å². The predicted octanol–water partition coefficient (Wildman–Crippen LogP) is 2.79. The number of aromatic nitrogens is 1. The Morgan fingerprint density at radius 2 is 1.97 bits per heavy atom. The number of hydrogen-bond acceptors (Lipinski definition) is 6. The number of ether oxygens (including phenoxy) is 3. The van der Waals surface area contributed by atoms with Gasteiger partial charge >= 0.3 is 5.97 Å². The number of fused-ring (bicyclic) bond motifs is 3. The van der Waals surface area contributed by atoms with Crippen molar-refractivity contribution in [1.82, 2.24) is 4.98 Å². The molecule has 4 rings (SSSR count). The number of benzene rings is 2. The van der Waals surface area contributed by atoms with Crippen LogP contribution in [0.3, 0.4) is 0 Å². The van der Waals surface area contributed by atoms with Crippen molar-refractivity contribution in [2.24, 2.45) is 5.73 Å². The van der Waals surface area contributed by atoms with Crippen molar-refractivity contribution in [2.75, 3.05) is 13.7 Å². The molecule has 1 atom stereocenters. The Kier molecular flexibility index (Phi) is 4.72. The quantitative estimate of drug-likeness (QED) is 0.662. The summed E-state index contributed by atoms with van der Waals surface area (Å²) in [5, 5.41) is 0.630. The first kappa shape index (κ1) is 18.6. The summed E-state index contributed by atoms with van der Waals surface area (Å²) in [5.74, 6) is -0.514. The second-order valence-corrected chi connectivity index (χ2v) is 6.55. The van der Waals surface area contributed by atoms with Crippen LogP contribution in [0.15, 0.2) is 64.8 Å². The van der Waals surface area contributed by atoms with Crippen LogP contribution in [0, 0.1) is 0 Å². The molecule has 7 heteroatoms. The third kappa shape index (κ3) is 3.10. The topological polar surface area (TPSA) is 104 Å². The van der Waals surface area contributed by atoms with Crippen LogP contribution in [0.4, 0.5) is 0 Å². The standard InChI is InChI=1S/C22H20N2O5/c1-3-28-22(26)18-16(12-7-5-4-6-8-12)17-19(29-20(18)23)14-11-13(27-2)9-10-15(14)24-21(17)25/h4-11,16H,3,23H2,1-2H3,(H,24,25)/t16-/m1/s1. The summed E-state index contributed by atoms with van der Waals surface area (Å²) >= 11 is 0. The average Bonchev–Trinajstić information content (AvgIpc) is 2.73. The van der Waals surface area contributed by atoms with Gasteiger partial charge in [0.25, 0.3) is 5.56 Å². The summed E-state index contributed by atoms with van der Waals surface area (Å²) in [7, 11) is 1.56. The fraction of sp³-hybridized carbons (Fsp3) is 0.182. The Balaban J connectivity index is 2.04. The molecule has 2 aromatic carbocycles. The molecule has 3 N–H and O–H groups in total. The lowest BCUT2D eigenvalue weighted by molar-refractivity contribution is -0.139. The molecule has 0 fully saturated rings. The van der Waals surface area contributed by atoms with E-state index in [9.17, 15) is 9.59 Å². The van der Waals surface area contributed by atoms with E-state index in [2.05, 4.69) is 4.98 Å². The second kappa shape index (κ2) is 7.35. The summed E-state index contributed by atoms with van der Waals surface area (Å²) in [6.45, 7) is 1.88. The van der Waals surface area contributed by atoms with Gasteiger partial charge in [0, 0.05) is 5.39 Å². The first-order valence-electron chi connectivity index (χ1n) is 9.18. The number of methoxy groups -OCH3 is 1. The van der Waals surface area contributed by atoms with Gasteiger partial charge in [0.05, 0.1) is 30.7 Å². The molecular weight excluding hydrogens is 372 g/mol. The minimum Gasteiger partial charge on any atom is -0.497 e. The molecule has 148 valence electrons. The van der Waals surface area contributed by atoms with Crippen molar-refractivity contribution in [3.05, 3.63) is 81.5 Å². The van der Waals surface area contributed by atoms with Crippen molar-refractivity contribution >= 4 is 16.9 Å². The number of aromatic amines is 1. The molecule has 1 aliphatic rings. The summed E-state index contributed by atoms with van der Waals surface area (Å²) in [6.07, 6.45) is 0. The molecule has 0 bridgehead atoms. The van der Waals surface area contributed by atoms with Crippen molar-refractivity contribution in [3.63, 3.8) is 0 Å². The number of carbonyl (C=O) groups excluding carboxylic acids is 1. The number of esters is 1. The van der Waals surface area contributed by atoms with Gasteiger partial charge in [-0.05, 0) is 30.7 Å². The lowest BCUT2D eigenvalue weighted by Gasteiger charge is -2.28. The predicted molar refractivity (Wildman–Crippen MR) is 108 cm³/mol. The molecule has 0 saturated heterocycles. The number of hydrogen-bond donors (Lipinski definition) is 2. The summed E-state index contributed by atoms with van der Waals surface area (Å²) < 4.78 is 16.3. The number of nitrogens with one attached hydrogen (secondary N) is 1.